The Hall–Kier alpha value is -2.50. The molecule has 0 radical (unpaired) electrons. The van der Waals surface area contributed by atoms with Gasteiger partial charge >= 0.3 is 0 Å². The maximum atomic E-state index is 12.3. The summed E-state index contributed by atoms with van der Waals surface area (Å²) in [6.07, 6.45) is 3.17. The second-order valence-corrected chi connectivity index (χ2v) is 5.76. The minimum atomic E-state index is -0.338. The van der Waals surface area contributed by atoms with E-state index in [1.165, 1.54) is 0 Å². The number of furan rings is 1. The van der Waals surface area contributed by atoms with E-state index in [1.54, 1.807) is 42.8 Å². The van der Waals surface area contributed by atoms with Gasteiger partial charge in [-0.25, -0.2) is 0 Å². The summed E-state index contributed by atoms with van der Waals surface area (Å²) < 4.78 is 5.25. The summed E-state index contributed by atoms with van der Waals surface area (Å²) in [4.78, 5) is 16.4. The van der Waals surface area contributed by atoms with Crippen molar-refractivity contribution in [1.82, 2.24) is 4.98 Å². The summed E-state index contributed by atoms with van der Waals surface area (Å²) in [7, 11) is 0. The third-order valence-corrected chi connectivity index (χ3v) is 3.96. The molecule has 0 aliphatic heterocycles. The number of nitrogens with one attached hydrogen (secondary N) is 2. The number of halogens is 2. The molecule has 1 aromatic carbocycles. The number of anilines is 2. The number of pyridine rings is 1. The lowest BCUT2D eigenvalue weighted by Crippen LogP contribution is -2.14. The summed E-state index contributed by atoms with van der Waals surface area (Å²) in [5.74, 6) is 0.462. The molecule has 0 atom stereocenters. The van der Waals surface area contributed by atoms with Crippen molar-refractivity contribution >= 4 is 40.5 Å². The molecule has 3 aromatic rings. The smallest absolute Gasteiger partial charge is 0.274 e. The second kappa shape index (κ2) is 7.38. The van der Waals surface area contributed by atoms with Crippen LogP contribution in [0.3, 0.4) is 0 Å². The van der Waals surface area contributed by atoms with Gasteiger partial charge in [0.05, 0.1) is 22.9 Å². The zero-order valence-electron chi connectivity index (χ0n) is 12.4. The molecule has 122 valence electrons. The fraction of sp³-hybridized carbons (Fsp3) is 0.0588. The highest BCUT2D eigenvalue weighted by atomic mass is 35.5. The highest BCUT2D eigenvalue weighted by Crippen LogP contribution is 2.25. The first kappa shape index (κ1) is 16.4. The van der Waals surface area contributed by atoms with Crippen LogP contribution in [0.5, 0.6) is 0 Å². The number of benzene rings is 1. The number of amides is 1. The van der Waals surface area contributed by atoms with Gasteiger partial charge in [0.15, 0.2) is 0 Å². The van der Waals surface area contributed by atoms with Crippen molar-refractivity contribution in [2.45, 2.75) is 6.54 Å². The first-order chi connectivity index (χ1) is 11.6. The van der Waals surface area contributed by atoms with Gasteiger partial charge in [-0.2, -0.15) is 0 Å². The van der Waals surface area contributed by atoms with E-state index in [1.807, 2.05) is 12.1 Å². The van der Waals surface area contributed by atoms with Crippen LogP contribution in [-0.4, -0.2) is 10.9 Å². The maximum absolute atomic E-state index is 12.3. The molecule has 0 saturated carbocycles. The van der Waals surface area contributed by atoms with E-state index < -0.39 is 0 Å². The molecule has 0 spiro atoms. The Morgan fingerprint density at radius 2 is 1.96 bits per heavy atom. The standard InChI is InChI=1S/C17H13Cl2N3O2/c18-14-4-3-12(8-15(14)19)22-17(23)16-9-11(5-6-20-16)21-10-13-2-1-7-24-13/h1-9H,10H2,(H,20,21)(H,22,23). The average Bonchev–Trinajstić information content (AvgIpc) is 3.10. The third kappa shape index (κ3) is 4.07. The minimum Gasteiger partial charge on any atom is -0.467 e. The summed E-state index contributed by atoms with van der Waals surface area (Å²) in [6, 6.07) is 12.0. The van der Waals surface area contributed by atoms with Crippen LogP contribution in [0.25, 0.3) is 0 Å². The summed E-state index contributed by atoms with van der Waals surface area (Å²) in [5, 5.41) is 6.70. The van der Waals surface area contributed by atoms with Gasteiger partial charge in [-0.05, 0) is 42.5 Å². The van der Waals surface area contributed by atoms with Crippen molar-refractivity contribution in [3.63, 3.8) is 0 Å². The Kier molecular flexibility index (Phi) is 5.03. The number of carbonyl (C=O) groups excluding carboxylic acids is 1. The number of hydrogen-bond acceptors (Lipinski definition) is 4. The normalized spacial score (nSPS) is 10.4. The Morgan fingerprint density at radius 1 is 1.08 bits per heavy atom. The molecule has 0 saturated heterocycles. The number of rotatable bonds is 5. The minimum absolute atomic E-state index is 0.283. The molecule has 0 aliphatic rings. The highest BCUT2D eigenvalue weighted by Gasteiger charge is 2.10. The molecule has 24 heavy (non-hydrogen) atoms. The van der Waals surface area contributed by atoms with Crippen molar-refractivity contribution in [3.05, 3.63) is 76.4 Å². The first-order valence-electron chi connectivity index (χ1n) is 7.10. The molecule has 0 unspecified atom stereocenters. The SMILES string of the molecule is O=C(Nc1ccc(Cl)c(Cl)c1)c1cc(NCc2ccco2)ccn1. The van der Waals surface area contributed by atoms with E-state index in [-0.39, 0.29) is 11.6 Å². The van der Waals surface area contributed by atoms with Crippen molar-refractivity contribution in [2.75, 3.05) is 10.6 Å². The molecule has 2 aromatic heterocycles. The molecule has 0 bridgehead atoms. The lowest BCUT2D eigenvalue weighted by atomic mass is 10.2. The van der Waals surface area contributed by atoms with E-state index in [2.05, 4.69) is 15.6 Å². The van der Waals surface area contributed by atoms with Crippen molar-refractivity contribution in [3.8, 4) is 0 Å². The Bertz CT molecular complexity index is 851. The van der Waals surface area contributed by atoms with Crippen LogP contribution in [0.4, 0.5) is 11.4 Å². The number of aromatic nitrogens is 1. The fourth-order valence-electron chi connectivity index (χ4n) is 2.04. The molecule has 0 fully saturated rings. The molecule has 2 heterocycles. The average molecular weight is 362 g/mol. The first-order valence-corrected chi connectivity index (χ1v) is 7.86. The van der Waals surface area contributed by atoms with Crippen LogP contribution in [0.15, 0.2) is 59.3 Å². The largest absolute Gasteiger partial charge is 0.467 e. The van der Waals surface area contributed by atoms with Crippen molar-refractivity contribution in [2.24, 2.45) is 0 Å². The van der Waals surface area contributed by atoms with Crippen molar-refractivity contribution in [1.29, 1.82) is 0 Å². The fourth-order valence-corrected chi connectivity index (χ4v) is 2.33. The highest BCUT2D eigenvalue weighted by molar-refractivity contribution is 6.42. The molecule has 1 amide bonds. The molecule has 5 nitrogen and oxygen atoms in total. The Balaban J connectivity index is 1.68. The molecular weight excluding hydrogens is 349 g/mol. The van der Waals surface area contributed by atoms with Gasteiger partial charge < -0.3 is 15.1 Å². The van der Waals surface area contributed by atoms with Crippen LogP contribution in [0, 0.1) is 0 Å². The van der Waals surface area contributed by atoms with Crippen LogP contribution >= 0.6 is 23.2 Å². The topological polar surface area (TPSA) is 67.2 Å². The van der Waals surface area contributed by atoms with Crippen LogP contribution in [0.1, 0.15) is 16.2 Å². The Morgan fingerprint density at radius 3 is 2.71 bits per heavy atom. The number of nitrogens with zero attached hydrogens (tertiary/aromatic N) is 1. The molecular formula is C17H13Cl2N3O2. The van der Waals surface area contributed by atoms with E-state index in [0.29, 0.717) is 22.3 Å². The molecule has 2 N–H and O–H groups in total. The predicted molar refractivity (Wildman–Crippen MR) is 94.7 cm³/mol. The monoisotopic (exact) mass is 361 g/mol. The van der Waals surface area contributed by atoms with Gasteiger partial charge in [-0.15, -0.1) is 0 Å². The number of carbonyl (C=O) groups is 1. The zero-order chi connectivity index (χ0) is 16.9. The van der Waals surface area contributed by atoms with E-state index in [4.69, 9.17) is 27.6 Å². The van der Waals surface area contributed by atoms with E-state index in [9.17, 15) is 4.79 Å². The lowest BCUT2D eigenvalue weighted by molar-refractivity contribution is 0.102. The van der Waals surface area contributed by atoms with Gasteiger partial charge in [-0.3, -0.25) is 9.78 Å². The zero-order valence-corrected chi connectivity index (χ0v) is 13.9. The quantitative estimate of drug-likeness (QED) is 0.681. The van der Waals surface area contributed by atoms with Crippen LogP contribution in [-0.2, 0) is 6.54 Å². The molecule has 0 aliphatic carbocycles. The van der Waals surface area contributed by atoms with Gasteiger partial charge in [0, 0.05) is 17.6 Å². The Labute approximate surface area is 148 Å². The lowest BCUT2D eigenvalue weighted by Gasteiger charge is -2.08. The van der Waals surface area contributed by atoms with Gasteiger partial charge in [0.2, 0.25) is 0 Å². The van der Waals surface area contributed by atoms with Crippen molar-refractivity contribution < 1.29 is 9.21 Å². The van der Waals surface area contributed by atoms with Crippen LogP contribution in [0.2, 0.25) is 10.0 Å². The molecule has 3 rings (SSSR count). The number of hydrogen-bond donors (Lipinski definition) is 2. The summed E-state index contributed by atoms with van der Waals surface area (Å²) >= 11 is 11.8. The van der Waals surface area contributed by atoms with Gasteiger partial charge in [0.1, 0.15) is 11.5 Å². The summed E-state index contributed by atoms with van der Waals surface area (Å²) in [5.41, 5.74) is 1.59. The van der Waals surface area contributed by atoms with E-state index >= 15 is 0 Å². The third-order valence-electron chi connectivity index (χ3n) is 3.22. The van der Waals surface area contributed by atoms with Crippen LogP contribution < -0.4 is 10.6 Å². The van der Waals surface area contributed by atoms with Gasteiger partial charge in [-0.1, -0.05) is 23.2 Å². The van der Waals surface area contributed by atoms with Gasteiger partial charge in [0.25, 0.3) is 5.91 Å². The predicted octanol–water partition coefficient (Wildman–Crippen LogP) is 4.85. The second-order valence-electron chi connectivity index (χ2n) is 4.95. The van der Waals surface area contributed by atoms with E-state index in [0.717, 1.165) is 11.4 Å². The summed E-state index contributed by atoms with van der Waals surface area (Å²) in [6.45, 7) is 0.519. The molecule has 7 heteroatoms. The maximum Gasteiger partial charge on any atom is 0.274 e.